The van der Waals surface area contributed by atoms with Gasteiger partial charge in [-0.3, -0.25) is 9.59 Å². The van der Waals surface area contributed by atoms with Gasteiger partial charge in [0, 0.05) is 36.1 Å². The molecule has 1 unspecified atom stereocenters. The third kappa shape index (κ3) is 2.90. The minimum Gasteiger partial charge on any atom is -0.368 e. The summed E-state index contributed by atoms with van der Waals surface area (Å²) in [5.74, 6) is 0.0113. The molecule has 0 radical (unpaired) electrons. The first-order valence-electron chi connectivity index (χ1n) is 5.87. The van der Waals surface area contributed by atoms with E-state index in [1.807, 2.05) is 12.1 Å². The SMILES string of the molecule is CC(=O)NC1CCN(c2ccc(C=O)cc2Br)C1. The second kappa shape index (κ2) is 5.52. The van der Waals surface area contributed by atoms with Crippen LogP contribution in [0.4, 0.5) is 5.69 Å². The fraction of sp³-hybridized carbons (Fsp3) is 0.385. The summed E-state index contributed by atoms with van der Waals surface area (Å²) in [4.78, 5) is 23.9. The lowest BCUT2D eigenvalue weighted by molar-refractivity contribution is -0.119. The van der Waals surface area contributed by atoms with E-state index in [4.69, 9.17) is 0 Å². The molecule has 1 N–H and O–H groups in total. The first kappa shape index (κ1) is 13.1. The van der Waals surface area contributed by atoms with Crippen molar-refractivity contribution in [1.82, 2.24) is 5.32 Å². The molecule has 0 spiro atoms. The largest absolute Gasteiger partial charge is 0.368 e. The number of anilines is 1. The van der Waals surface area contributed by atoms with E-state index in [-0.39, 0.29) is 11.9 Å². The predicted octanol–water partition coefficient (Wildman–Crippen LogP) is 1.98. The normalized spacial score (nSPS) is 18.8. The Morgan fingerprint density at radius 2 is 2.33 bits per heavy atom. The van der Waals surface area contributed by atoms with Crippen LogP contribution in [0.3, 0.4) is 0 Å². The van der Waals surface area contributed by atoms with Crippen molar-refractivity contribution >= 4 is 33.8 Å². The monoisotopic (exact) mass is 310 g/mol. The van der Waals surface area contributed by atoms with Crippen molar-refractivity contribution in [2.45, 2.75) is 19.4 Å². The summed E-state index contributed by atoms with van der Waals surface area (Å²) in [7, 11) is 0. The zero-order valence-corrected chi connectivity index (χ0v) is 11.7. The highest BCUT2D eigenvalue weighted by atomic mass is 79.9. The smallest absolute Gasteiger partial charge is 0.217 e. The molecule has 0 saturated carbocycles. The van der Waals surface area contributed by atoms with Crippen LogP contribution in [0.2, 0.25) is 0 Å². The molecule has 0 aromatic heterocycles. The third-order valence-electron chi connectivity index (χ3n) is 3.04. The van der Waals surface area contributed by atoms with Gasteiger partial charge in [-0.1, -0.05) is 0 Å². The van der Waals surface area contributed by atoms with Gasteiger partial charge < -0.3 is 10.2 Å². The predicted molar refractivity (Wildman–Crippen MR) is 74.0 cm³/mol. The molecule has 0 aliphatic carbocycles. The van der Waals surface area contributed by atoms with Crippen LogP contribution in [0, 0.1) is 0 Å². The lowest BCUT2D eigenvalue weighted by Crippen LogP contribution is -2.35. The molecule has 1 saturated heterocycles. The van der Waals surface area contributed by atoms with Crippen molar-refractivity contribution < 1.29 is 9.59 Å². The molecule has 1 aliphatic rings. The summed E-state index contributed by atoms with van der Waals surface area (Å²) in [5, 5.41) is 2.93. The van der Waals surface area contributed by atoms with Gasteiger partial charge in [0.15, 0.2) is 0 Å². The highest BCUT2D eigenvalue weighted by Crippen LogP contribution is 2.29. The number of aldehydes is 1. The van der Waals surface area contributed by atoms with Crippen LogP contribution in [0.1, 0.15) is 23.7 Å². The second-order valence-corrected chi connectivity index (χ2v) is 5.32. The molecule has 2 rings (SSSR count). The highest BCUT2D eigenvalue weighted by molar-refractivity contribution is 9.10. The minimum absolute atomic E-state index is 0.0113. The highest BCUT2D eigenvalue weighted by Gasteiger charge is 2.24. The van der Waals surface area contributed by atoms with Crippen molar-refractivity contribution in [1.29, 1.82) is 0 Å². The van der Waals surface area contributed by atoms with Crippen LogP contribution in [0.25, 0.3) is 0 Å². The molecule has 1 aromatic carbocycles. The molecule has 0 bridgehead atoms. The van der Waals surface area contributed by atoms with E-state index in [9.17, 15) is 9.59 Å². The van der Waals surface area contributed by atoms with Crippen molar-refractivity contribution in [2.75, 3.05) is 18.0 Å². The van der Waals surface area contributed by atoms with Gasteiger partial charge in [0.05, 0.1) is 5.69 Å². The first-order valence-corrected chi connectivity index (χ1v) is 6.66. The van der Waals surface area contributed by atoms with E-state index in [0.717, 1.165) is 36.0 Å². The topological polar surface area (TPSA) is 49.4 Å². The van der Waals surface area contributed by atoms with Crippen LogP contribution in [-0.2, 0) is 4.79 Å². The van der Waals surface area contributed by atoms with E-state index in [1.54, 1.807) is 6.07 Å². The van der Waals surface area contributed by atoms with Crippen molar-refractivity contribution in [3.05, 3.63) is 28.2 Å². The van der Waals surface area contributed by atoms with Crippen molar-refractivity contribution in [2.24, 2.45) is 0 Å². The summed E-state index contributed by atoms with van der Waals surface area (Å²) in [6.07, 6.45) is 1.78. The van der Waals surface area contributed by atoms with Crippen LogP contribution >= 0.6 is 15.9 Å². The molecule has 4 nitrogen and oxygen atoms in total. The van der Waals surface area contributed by atoms with Gasteiger partial charge in [-0.2, -0.15) is 0 Å². The molecule has 1 atom stereocenters. The summed E-state index contributed by atoms with van der Waals surface area (Å²) < 4.78 is 0.913. The van der Waals surface area contributed by atoms with E-state index < -0.39 is 0 Å². The van der Waals surface area contributed by atoms with Crippen LogP contribution in [0.15, 0.2) is 22.7 Å². The minimum atomic E-state index is 0.0113. The van der Waals surface area contributed by atoms with E-state index >= 15 is 0 Å². The van der Waals surface area contributed by atoms with Crippen molar-refractivity contribution in [3.8, 4) is 0 Å². The Morgan fingerprint density at radius 3 is 2.94 bits per heavy atom. The van der Waals surface area contributed by atoms with Crippen LogP contribution in [-0.4, -0.2) is 31.3 Å². The van der Waals surface area contributed by atoms with Gasteiger partial charge in [0.25, 0.3) is 0 Å². The number of rotatable bonds is 3. The molecular weight excluding hydrogens is 296 g/mol. The maximum Gasteiger partial charge on any atom is 0.217 e. The molecule has 1 aromatic rings. The fourth-order valence-electron chi connectivity index (χ4n) is 2.24. The van der Waals surface area contributed by atoms with Crippen LogP contribution < -0.4 is 10.2 Å². The van der Waals surface area contributed by atoms with E-state index in [1.165, 1.54) is 6.92 Å². The summed E-state index contributed by atoms with van der Waals surface area (Å²) in [5.41, 5.74) is 1.72. The lowest BCUT2D eigenvalue weighted by atomic mass is 10.2. The number of carbonyl (C=O) groups is 2. The number of carbonyl (C=O) groups excluding carboxylic acids is 2. The lowest BCUT2D eigenvalue weighted by Gasteiger charge is -2.20. The van der Waals surface area contributed by atoms with Crippen LogP contribution in [0.5, 0.6) is 0 Å². The maximum atomic E-state index is 11.0. The first-order chi connectivity index (χ1) is 8.60. The Bertz CT molecular complexity index is 476. The number of hydrogen-bond acceptors (Lipinski definition) is 3. The standard InChI is InChI=1S/C13H15BrN2O2/c1-9(18)15-11-4-5-16(7-11)13-3-2-10(8-17)6-12(13)14/h2-3,6,8,11H,4-5,7H2,1H3,(H,15,18). The quantitative estimate of drug-likeness (QED) is 0.869. The number of amides is 1. The number of benzene rings is 1. The van der Waals surface area contributed by atoms with Crippen molar-refractivity contribution in [3.63, 3.8) is 0 Å². The zero-order chi connectivity index (χ0) is 13.1. The number of nitrogens with one attached hydrogen (secondary N) is 1. The van der Waals surface area contributed by atoms with E-state index in [2.05, 4.69) is 26.1 Å². The van der Waals surface area contributed by atoms with Gasteiger partial charge in [-0.15, -0.1) is 0 Å². The number of nitrogens with zero attached hydrogens (tertiary/aromatic N) is 1. The molecule has 18 heavy (non-hydrogen) atoms. The van der Waals surface area contributed by atoms with E-state index in [0.29, 0.717) is 5.56 Å². The number of halogens is 1. The van der Waals surface area contributed by atoms with Gasteiger partial charge in [-0.05, 0) is 40.5 Å². The van der Waals surface area contributed by atoms with Gasteiger partial charge in [0.1, 0.15) is 6.29 Å². The summed E-state index contributed by atoms with van der Waals surface area (Å²) >= 11 is 3.48. The Hall–Kier alpha value is -1.36. The summed E-state index contributed by atoms with van der Waals surface area (Å²) in [6.45, 7) is 3.25. The third-order valence-corrected chi connectivity index (χ3v) is 3.68. The molecular formula is C13H15BrN2O2. The Morgan fingerprint density at radius 1 is 1.56 bits per heavy atom. The molecule has 1 amide bonds. The number of hydrogen-bond donors (Lipinski definition) is 1. The van der Waals surface area contributed by atoms with Gasteiger partial charge >= 0.3 is 0 Å². The van der Waals surface area contributed by atoms with Gasteiger partial charge in [0.2, 0.25) is 5.91 Å². The Balaban J connectivity index is 2.09. The average molecular weight is 311 g/mol. The Kier molecular flexibility index (Phi) is 4.01. The molecule has 1 fully saturated rings. The Labute approximate surface area is 114 Å². The van der Waals surface area contributed by atoms with Gasteiger partial charge in [-0.25, -0.2) is 0 Å². The average Bonchev–Trinajstić information content (AvgIpc) is 2.76. The maximum absolute atomic E-state index is 11.0. The molecule has 96 valence electrons. The molecule has 1 heterocycles. The second-order valence-electron chi connectivity index (χ2n) is 4.46. The summed E-state index contributed by atoms with van der Waals surface area (Å²) in [6, 6.07) is 5.76. The fourth-order valence-corrected chi connectivity index (χ4v) is 2.88. The molecule has 1 aliphatic heterocycles. The zero-order valence-electron chi connectivity index (χ0n) is 10.1. The molecule has 5 heteroatoms.